The molecule has 0 amide bonds. The molecule has 9 heteroatoms. The number of halogens is 8. The summed E-state index contributed by atoms with van der Waals surface area (Å²) in [6.07, 6.45) is -7.65. The fraction of sp³-hybridized carbons (Fsp3) is 0.500. The maximum absolute atomic E-state index is 12.0. The molecule has 1 nitrogen and oxygen atoms in total. The molecule has 0 saturated heterocycles. The standard InChI is InChI=1S/C4F6O.C2H2F2/c5-2(4(8,9)10)1(11)3(2,6)7;1-2(3)4/h;1H2. The normalized spacial score (nSPS) is 27.9. The number of hydrogen-bond donors (Lipinski definition) is 0. The Morgan fingerprint density at radius 3 is 1.33 bits per heavy atom. The van der Waals surface area contributed by atoms with Gasteiger partial charge in [-0.2, -0.15) is 30.7 Å². The lowest BCUT2D eigenvalue weighted by molar-refractivity contribution is -0.216. The zero-order valence-corrected chi connectivity index (χ0v) is 6.64. The second-order valence-corrected chi connectivity index (χ2v) is 2.40. The molecule has 0 N–H and O–H groups in total. The average Bonchev–Trinajstić information content (AvgIpc) is 2.33. The molecule has 0 aromatic carbocycles. The van der Waals surface area contributed by atoms with Crippen LogP contribution >= 0.6 is 0 Å². The van der Waals surface area contributed by atoms with Crippen molar-refractivity contribution in [1.29, 1.82) is 0 Å². The quantitative estimate of drug-likeness (QED) is 0.597. The van der Waals surface area contributed by atoms with Crippen molar-refractivity contribution in [3.05, 3.63) is 12.7 Å². The van der Waals surface area contributed by atoms with Gasteiger partial charge in [-0.3, -0.25) is 4.79 Å². The van der Waals surface area contributed by atoms with Gasteiger partial charge in [0.15, 0.2) is 0 Å². The molecular formula is C6H2F8O. The van der Waals surface area contributed by atoms with Gasteiger partial charge in [0, 0.05) is 0 Å². The first kappa shape index (κ1) is 13.8. The van der Waals surface area contributed by atoms with E-state index in [1.54, 1.807) is 0 Å². The number of hydrogen-bond acceptors (Lipinski definition) is 1. The summed E-state index contributed by atoms with van der Waals surface area (Å²) in [5.41, 5.74) is -4.93. The molecule has 1 saturated carbocycles. The zero-order chi connectivity index (χ0) is 12.7. The summed E-state index contributed by atoms with van der Waals surface area (Å²) in [6, 6.07) is 0. The molecule has 15 heavy (non-hydrogen) atoms. The number of carbonyl (C=O) groups is 1. The minimum atomic E-state index is -5.81. The second kappa shape index (κ2) is 3.46. The summed E-state index contributed by atoms with van der Waals surface area (Å²) in [5.74, 6) is -7.59. The third-order valence-electron chi connectivity index (χ3n) is 1.36. The lowest BCUT2D eigenvalue weighted by Crippen LogP contribution is -2.33. The summed E-state index contributed by atoms with van der Waals surface area (Å²) in [6.45, 7) is 2.22. The lowest BCUT2D eigenvalue weighted by atomic mass is 10.3. The molecule has 0 bridgehead atoms. The molecule has 0 aromatic rings. The Hall–Kier alpha value is -1.15. The highest BCUT2D eigenvalue weighted by Gasteiger charge is 2.95. The van der Waals surface area contributed by atoms with Gasteiger partial charge in [-0.1, -0.05) is 0 Å². The van der Waals surface area contributed by atoms with Crippen LogP contribution in [0.4, 0.5) is 35.1 Å². The third-order valence-corrected chi connectivity index (χ3v) is 1.36. The van der Waals surface area contributed by atoms with E-state index < -0.39 is 29.6 Å². The zero-order valence-electron chi connectivity index (χ0n) is 6.64. The highest BCUT2D eigenvalue weighted by Crippen LogP contribution is 2.60. The Morgan fingerprint density at radius 1 is 1.13 bits per heavy atom. The second-order valence-electron chi connectivity index (χ2n) is 2.40. The van der Waals surface area contributed by atoms with E-state index >= 15 is 0 Å². The minimum Gasteiger partial charge on any atom is -0.288 e. The van der Waals surface area contributed by atoms with Gasteiger partial charge in [-0.05, 0) is 6.58 Å². The summed E-state index contributed by atoms with van der Waals surface area (Å²) in [4.78, 5) is 9.66. The Morgan fingerprint density at radius 2 is 1.33 bits per heavy atom. The van der Waals surface area contributed by atoms with E-state index in [-0.39, 0.29) is 0 Å². The number of carbonyl (C=O) groups excluding carboxylic acids is 1. The van der Waals surface area contributed by atoms with Crippen molar-refractivity contribution >= 4 is 5.78 Å². The van der Waals surface area contributed by atoms with Crippen LogP contribution in [0.25, 0.3) is 0 Å². The predicted molar refractivity (Wildman–Crippen MR) is 31.2 cm³/mol. The number of ketones is 1. The van der Waals surface area contributed by atoms with E-state index in [1.807, 2.05) is 0 Å². The lowest BCUT2D eigenvalue weighted by Gasteiger charge is -2.07. The van der Waals surface area contributed by atoms with E-state index in [2.05, 4.69) is 6.58 Å². The van der Waals surface area contributed by atoms with Gasteiger partial charge in [0.25, 0.3) is 11.9 Å². The minimum absolute atomic E-state index is 1.83. The molecule has 0 radical (unpaired) electrons. The van der Waals surface area contributed by atoms with Crippen LogP contribution in [0.3, 0.4) is 0 Å². The summed E-state index contributed by atoms with van der Waals surface area (Å²) in [5, 5.41) is 0. The van der Waals surface area contributed by atoms with E-state index in [9.17, 15) is 39.9 Å². The molecule has 1 unspecified atom stereocenters. The first-order valence-electron chi connectivity index (χ1n) is 3.07. The van der Waals surface area contributed by atoms with E-state index in [1.165, 1.54) is 0 Å². The van der Waals surface area contributed by atoms with Crippen LogP contribution in [0.2, 0.25) is 0 Å². The first-order valence-corrected chi connectivity index (χ1v) is 3.07. The van der Waals surface area contributed by atoms with Crippen molar-refractivity contribution in [2.75, 3.05) is 0 Å². The molecular weight excluding hydrogens is 240 g/mol. The Balaban J connectivity index is 0.000000423. The van der Waals surface area contributed by atoms with Crippen molar-refractivity contribution in [3.63, 3.8) is 0 Å². The summed E-state index contributed by atoms with van der Waals surface area (Å²) >= 11 is 0. The maximum atomic E-state index is 12.0. The van der Waals surface area contributed by atoms with E-state index in [0.29, 0.717) is 0 Å². The molecule has 0 heterocycles. The van der Waals surface area contributed by atoms with E-state index in [0.717, 1.165) is 0 Å². The topological polar surface area (TPSA) is 17.1 Å². The largest absolute Gasteiger partial charge is 0.436 e. The monoisotopic (exact) mass is 242 g/mol. The number of rotatable bonds is 0. The van der Waals surface area contributed by atoms with Crippen LogP contribution < -0.4 is 0 Å². The Bertz CT molecular complexity index is 288. The molecule has 88 valence electrons. The fourth-order valence-corrected chi connectivity index (χ4v) is 0.601. The van der Waals surface area contributed by atoms with Gasteiger partial charge >= 0.3 is 17.8 Å². The molecule has 1 aliphatic rings. The maximum Gasteiger partial charge on any atom is 0.436 e. The summed E-state index contributed by atoms with van der Waals surface area (Å²) in [7, 11) is 0. The van der Waals surface area contributed by atoms with Crippen LogP contribution in [0, 0.1) is 0 Å². The van der Waals surface area contributed by atoms with Gasteiger partial charge in [-0.25, -0.2) is 4.39 Å². The number of alkyl halides is 6. The first-order chi connectivity index (χ1) is 6.39. The predicted octanol–water partition coefficient (Wildman–Crippen LogP) is 2.87. The van der Waals surface area contributed by atoms with Crippen molar-refractivity contribution in [3.8, 4) is 0 Å². The van der Waals surface area contributed by atoms with Crippen LogP contribution in [-0.2, 0) is 4.79 Å². The number of Topliss-reactive ketones (excluding diaryl/α,β-unsaturated/α-hetero) is 1. The van der Waals surface area contributed by atoms with Gasteiger partial charge in [0.05, 0.1) is 0 Å². The fourth-order valence-electron chi connectivity index (χ4n) is 0.601. The molecule has 1 atom stereocenters. The van der Waals surface area contributed by atoms with Crippen LogP contribution in [-0.4, -0.2) is 23.6 Å². The van der Waals surface area contributed by atoms with Gasteiger partial charge < -0.3 is 0 Å². The Labute approximate surface area is 77.4 Å². The van der Waals surface area contributed by atoms with Gasteiger partial charge in [-0.15, -0.1) is 0 Å². The highest BCUT2D eigenvalue weighted by atomic mass is 19.4. The molecule has 1 aliphatic carbocycles. The molecule has 0 aromatic heterocycles. The van der Waals surface area contributed by atoms with Gasteiger partial charge in [0.2, 0.25) is 0 Å². The average molecular weight is 242 g/mol. The molecule has 1 rings (SSSR count). The molecule has 1 fully saturated rings. The SMILES string of the molecule is C=C(F)F.O=C1C(F)(F)C1(F)C(F)(F)F. The van der Waals surface area contributed by atoms with E-state index in [4.69, 9.17) is 0 Å². The summed E-state index contributed by atoms with van der Waals surface area (Å²) < 4.78 is 89.4. The molecule has 0 aliphatic heterocycles. The Kier molecular flexibility index (Phi) is 3.19. The van der Waals surface area contributed by atoms with Gasteiger partial charge in [0.1, 0.15) is 0 Å². The van der Waals surface area contributed by atoms with Crippen LogP contribution in [0.5, 0.6) is 0 Å². The van der Waals surface area contributed by atoms with Crippen molar-refractivity contribution < 1.29 is 39.9 Å². The smallest absolute Gasteiger partial charge is 0.288 e. The van der Waals surface area contributed by atoms with Crippen LogP contribution in [0.15, 0.2) is 12.7 Å². The van der Waals surface area contributed by atoms with Crippen molar-refractivity contribution in [2.24, 2.45) is 0 Å². The third kappa shape index (κ3) is 2.10. The highest BCUT2D eigenvalue weighted by molar-refractivity contribution is 6.13. The molecule has 0 spiro atoms. The van der Waals surface area contributed by atoms with Crippen molar-refractivity contribution in [1.82, 2.24) is 0 Å². The van der Waals surface area contributed by atoms with Crippen LogP contribution in [0.1, 0.15) is 0 Å². The van der Waals surface area contributed by atoms with Crippen molar-refractivity contribution in [2.45, 2.75) is 17.8 Å².